The van der Waals surface area contributed by atoms with E-state index in [2.05, 4.69) is 21.2 Å². The summed E-state index contributed by atoms with van der Waals surface area (Å²) in [6.07, 6.45) is -0.208. The SMILES string of the molecule is OC(CC(Nc1ccc(Br)cc1)c1ccccc1)c1ccc(F)cc1. The Morgan fingerprint density at radius 3 is 2.12 bits per heavy atom. The van der Waals surface area contributed by atoms with Crippen molar-refractivity contribution >= 4 is 21.6 Å². The van der Waals surface area contributed by atoms with Crippen LogP contribution in [-0.2, 0) is 0 Å². The molecule has 2 N–H and O–H groups in total. The maximum Gasteiger partial charge on any atom is 0.123 e. The van der Waals surface area contributed by atoms with Crippen molar-refractivity contribution in [3.63, 3.8) is 0 Å². The van der Waals surface area contributed by atoms with Gasteiger partial charge in [0.1, 0.15) is 5.82 Å². The Balaban J connectivity index is 1.81. The Kier molecular flexibility index (Phi) is 5.84. The molecule has 2 unspecified atom stereocenters. The molecule has 25 heavy (non-hydrogen) atoms. The molecule has 3 aromatic rings. The average Bonchev–Trinajstić information content (AvgIpc) is 2.64. The number of benzene rings is 3. The number of aliphatic hydroxyl groups excluding tert-OH is 1. The van der Waals surface area contributed by atoms with E-state index in [9.17, 15) is 9.50 Å². The fourth-order valence-electron chi connectivity index (χ4n) is 2.76. The van der Waals surface area contributed by atoms with Gasteiger partial charge in [-0.1, -0.05) is 58.4 Å². The van der Waals surface area contributed by atoms with Gasteiger partial charge in [0.05, 0.1) is 12.1 Å². The first-order valence-corrected chi connectivity index (χ1v) is 8.92. The van der Waals surface area contributed by atoms with Crippen LogP contribution in [-0.4, -0.2) is 5.11 Å². The lowest BCUT2D eigenvalue weighted by atomic mass is 9.96. The van der Waals surface area contributed by atoms with E-state index in [-0.39, 0.29) is 11.9 Å². The normalized spacial score (nSPS) is 13.2. The second-order valence-electron chi connectivity index (χ2n) is 5.92. The van der Waals surface area contributed by atoms with Crippen LogP contribution in [0.2, 0.25) is 0 Å². The minimum atomic E-state index is -0.686. The number of nitrogens with one attached hydrogen (secondary N) is 1. The van der Waals surface area contributed by atoms with E-state index >= 15 is 0 Å². The summed E-state index contributed by atoms with van der Waals surface area (Å²) in [7, 11) is 0. The summed E-state index contributed by atoms with van der Waals surface area (Å²) in [5, 5.41) is 14.1. The largest absolute Gasteiger partial charge is 0.388 e. The van der Waals surface area contributed by atoms with E-state index in [1.54, 1.807) is 12.1 Å². The van der Waals surface area contributed by atoms with Crippen LogP contribution in [0, 0.1) is 5.82 Å². The number of rotatable bonds is 6. The molecule has 0 aliphatic carbocycles. The highest BCUT2D eigenvalue weighted by molar-refractivity contribution is 9.10. The Morgan fingerprint density at radius 2 is 1.48 bits per heavy atom. The molecule has 2 nitrogen and oxygen atoms in total. The lowest BCUT2D eigenvalue weighted by Gasteiger charge is -2.23. The van der Waals surface area contributed by atoms with Crippen molar-refractivity contribution in [2.75, 3.05) is 5.32 Å². The van der Waals surface area contributed by atoms with Gasteiger partial charge in [0.25, 0.3) is 0 Å². The smallest absolute Gasteiger partial charge is 0.123 e. The van der Waals surface area contributed by atoms with Crippen LogP contribution in [0.5, 0.6) is 0 Å². The van der Waals surface area contributed by atoms with Gasteiger partial charge < -0.3 is 10.4 Å². The van der Waals surface area contributed by atoms with E-state index < -0.39 is 6.10 Å². The molecule has 0 spiro atoms. The summed E-state index contributed by atoms with van der Waals surface area (Å²) in [4.78, 5) is 0. The Hall–Kier alpha value is -2.17. The molecule has 3 rings (SSSR count). The van der Waals surface area contributed by atoms with Crippen molar-refractivity contribution in [1.29, 1.82) is 0 Å². The summed E-state index contributed by atoms with van der Waals surface area (Å²) >= 11 is 3.43. The first-order valence-electron chi connectivity index (χ1n) is 8.12. The maximum absolute atomic E-state index is 13.1. The van der Waals surface area contributed by atoms with E-state index in [0.717, 1.165) is 15.7 Å². The summed E-state index contributed by atoms with van der Waals surface area (Å²) < 4.78 is 14.1. The standard InChI is InChI=1S/C21H19BrFNO/c22-17-8-12-19(13-9-17)24-20(15-4-2-1-3-5-15)14-21(25)16-6-10-18(23)11-7-16/h1-13,20-21,24-25H,14H2. The first kappa shape index (κ1) is 17.6. The van der Waals surface area contributed by atoms with Crippen LogP contribution in [0.25, 0.3) is 0 Å². The van der Waals surface area contributed by atoms with Crippen molar-refractivity contribution in [3.8, 4) is 0 Å². The molecule has 0 fully saturated rings. The summed E-state index contributed by atoms with van der Waals surface area (Å²) in [5.41, 5.74) is 2.77. The van der Waals surface area contributed by atoms with Crippen LogP contribution in [0.1, 0.15) is 29.7 Å². The fourth-order valence-corrected chi connectivity index (χ4v) is 3.02. The van der Waals surface area contributed by atoms with Crippen LogP contribution >= 0.6 is 15.9 Å². The Bertz CT molecular complexity index is 790. The third kappa shape index (κ3) is 4.91. The first-order chi connectivity index (χ1) is 12.1. The van der Waals surface area contributed by atoms with Gasteiger partial charge in [0, 0.05) is 16.6 Å². The van der Waals surface area contributed by atoms with Crippen molar-refractivity contribution in [2.45, 2.75) is 18.6 Å². The summed E-state index contributed by atoms with van der Waals surface area (Å²) in [5.74, 6) is -0.302. The molecule has 0 heterocycles. The zero-order valence-corrected chi connectivity index (χ0v) is 15.2. The van der Waals surface area contributed by atoms with Crippen molar-refractivity contribution < 1.29 is 9.50 Å². The molecule has 0 amide bonds. The van der Waals surface area contributed by atoms with Gasteiger partial charge in [-0.25, -0.2) is 4.39 Å². The number of anilines is 1. The third-order valence-electron chi connectivity index (χ3n) is 4.10. The number of hydrogen-bond acceptors (Lipinski definition) is 2. The summed E-state index contributed by atoms with van der Waals surface area (Å²) in [6.45, 7) is 0. The molecule has 0 aliphatic rings. The van der Waals surface area contributed by atoms with Crippen LogP contribution in [0.15, 0.2) is 83.3 Å². The third-order valence-corrected chi connectivity index (χ3v) is 4.63. The predicted molar refractivity (Wildman–Crippen MR) is 103 cm³/mol. The van der Waals surface area contributed by atoms with E-state index in [4.69, 9.17) is 0 Å². The van der Waals surface area contributed by atoms with Crippen LogP contribution in [0.4, 0.5) is 10.1 Å². The lowest BCUT2D eigenvalue weighted by Crippen LogP contribution is -2.14. The average molecular weight is 400 g/mol. The Morgan fingerprint density at radius 1 is 0.840 bits per heavy atom. The van der Waals surface area contributed by atoms with E-state index in [1.807, 2.05) is 54.6 Å². The molecule has 3 aromatic carbocycles. The van der Waals surface area contributed by atoms with Gasteiger partial charge in [-0.05, 0) is 47.5 Å². The molecule has 128 valence electrons. The molecule has 0 saturated carbocycles. The zero-order valence-electron chi connectivity index (χ0n) is 13.6. The topological polar surface area (TPSA) is 32.3 Å². The highest BCUT2D eigenvalue weighted by atomic mass is 79.9. The van der Waals surface area contributed by atoms with Gasteiger partial charge in [-0.3, -0.25) is 0 Å². The minimum absolute atomic E-state index is 0.0672. The Labute approximate surface area is 155 Å². The van der Waals surface area contributed by atoms with Gasteiger partial charge in [-0.2, -0.15) is 0 Å². The zero-order chi connectivity index (χ0) is 17.6. The monoisotopic (exact) mass is 399 g/mol. The highest BCUT2D eigenvalue weighted by Crippen LogP contribution is 2.30. The molecule has 0 bridgehead atoms. The predicted octanol–water partition coefficient (Wildman–Crippen LogP) is 5.87. The summed E-state index contributed by atoms with van der Waals surface area (Å²) in [6, 6.07) is 23.9. The minimum Gasteiger partial charge on any atom is -0.388 e. The maximum atomic E-state index is 13.1. The second-order valence-corrected chi connectivity index (χ2v) is 6.83. The number of hydrogen-bond donors (Lipinski definition) is 2. The van der Waals surface area contributed by atoms with Crippen LogP contribution < -0.4 is 5.32 Å². The second kappa shape index (κ2) is 8.28. The van der Waals surface area contributed by atoms with Gasteiger partial charge >= 0.3 is 0 Å². The molecule has 2 atom stereocenters. The molecule has 0 saturated heterocycles. The number of aliphatic hydroxyl groups is 1. The van der Waals surface area contributed by atoms with Gasteiger partial charge in [0.2, 0.25) is 0 Å². The van der Waals surface area contributed by atoms with Gasteiger partial charge in [0.15, 0.2) is 0 Å². The molecule has 0 radical (unpaired) electrons. The van der Waals surface area contributed by atoms with Crippen molar-refractivity contribution in [1.82, 2.24) is 0 Å². The quantitative estimate of drug-likeness (QED) is 0.543. The van der Waals surface area contributed by atoms with Crippen molar-refractivity contribution in [2.24, 2.45) is 0 Å². The number of halogens is 2. The van der Waals surface area contributed by atoms with E-state index in [1.165, 1.54) is 12.1 Å². The fraction of sp³-hybridized carbons (Fsp3) is 0.143. The molecule has 0 aromatic heterocycles. The molecular weight excluding hydrogens is 381 g/mol. The lowest BCUT2D eigenvalue weighted by molar-refractivity contribution is 0.160. The highest BCUT2D eigenvalue weighted by Gasteiger charge is 2.18. The van der Waals surface area contributed by atoms with Gasteiger partial charge in [-0.15, -0.1) is 0 Å². The molecule has 0 aliphatic heterocycles. The van der Waals surface area contributed by atoms with E-state index in [0.29, 0.717) is 12.0 Å². The van der Waals surface area contributed by atoms with Crippen molar-refractivity contribution in [3.05, 3.63) is 100 Å². The molecule has 4 heteroatoms. The molecular formula is C21H19BrFNO. The van der Waals surface area contributed by atoms with Crippen LogP contribution in [0.3, 0.4) is 0 Å².